The van der Waals surface area contributed by atoms with Crippen molar-refractivity contribution in [2.24, 2.45) is 23.5 Å². The number of aliphatic carboxylic acids is 1. The minimum Gasteiger partial charge on any atom is -0.477 e. The van der Waals surface area contributed by atoms with Crippen LogP contribution < -0.4 is 11.1 Å². The minimum absolute atomic E-state index is 0.00359. The Labute approximate surface area is 227 Å². The molecular weight excluding hydrogens is 510 g/mol. The van der Waals surface area contributed by atoms with Gasteiger partial charge in [0.25, 0.3) is 0 Å². The van der Waals surface area contributed by atoms with Gasteiger partial charge in [-0.05, 0) is 25.7 Å². The number of carboxylic acids is 1. The highest BCUT2D eigenvalue weighted by Crippen LogP contribution is 2.53. The summed E-state index contributed by atoms with van der Waals surface area (Å²) >= 11 is 1.44. The van der Waals surface area contributed by atoms with Gasteiger partial charge in [-0.25, -0.2) is 4.79 Å². The van der Waals surface area contributed by atoms with Crippen LogP contribution in [0.25, 0.3) is 0 Å². The predicted molar refractivity (Wildman–Crippen MR) is 142 cm³/mol. The smallest absolute Gasteiger partial charge is 0.353 e. The summed E-state index contributed by atoms with van der Waals surface area (Å²) in [5, 5.41) is 13.2. The first kappa shape index (κ1) is 28.6. The number of Topliss-reactive ketones (excluding diaryl/α,β-unsaturated/α-hetero) is 1. The number of carbonyl (C=O) groups excluding carboxylic acids is 4. The Kier molecular flexibility index (Phi) is 8.53. The Morgan fingerprint density at radius 2 is 2.00 bits per heavy atom. The van der Waals surface area contributed by atoms with Crippen LogP contribution >= 0.6 is 11.8 Å². The van der Waals surface area contributed by atoms with E-state index >= 15 is 0 Å². The summed E-state index contributed by atoms with van der Waals surface area (Å²) < 4.78 is 0. The second-order valence-electron chi connectivity index (χ2n) is 11.2. The maximum Gasteiger partial charge on any atom is 0.353 e. The molecule has 12 heteroatoms. The summed E-state index contributed by atoms with van der Waals surface area (Å²) in [4.78, 5) is 67.6. The number of likely N-dealkylation sites (N-methyl/N-ethyl adjacent to an activating group) is 1. The number of amides is 3. The molecule has 0 aromatic heterocycles. The van der Waals surface area contributed by atoms with Gasteiger partial charge in [0.05, 0.1) is 18.0 Å². The van der Waals surface area contributed by atoms with Gasteiger partial charge in [0, 0.05) is 68.2 Å². The third-order valence-corrected chi connectivity index (χ3v) is 9.82. The van der Waals surface area contributed by atoms with Gasteiger partial charge in [0.2, 0.25) is 17.7 Å². The first-order valence-electron chi connectivity index (χ1n) is 13.4. The molecule has 4 N–H and O–H groups in total. The molecule has 0 aromatic rings. The lowest BCUT2D eigenvalue weighted by molar-refractivity contribution is -0.160. The number of carboxylic acid groups (broad SMARTS) is 1. The highest BCUT2D eigenvalue weighted by molar-refractivity contribution is 8.03. The van der Waals surface area contributed by atoms with Crippen molar-refractivity contribution in [2.75, 3.05) is 33.2 Å². The molecule has 38 heavy (non-hydrogen) atoms. The Morgan fingerprint density at radius 1 is 1.29 bits per heavy atom. The van der Waals surface area contributed by atoms with Crippen LogP contribution in [0.4, 0.5) is 0 Å². The molecule has 4 heterocycles. The Morgan fingerprint density at radius 3 is 2.61 bits per heavy atom. The maximum absolute atomic E-state index is 13.0. The molecule has 3 saturated heterocycles. The number of hydrogen-bond acceptors (Lipinski definition) is 8. The van der Waals surface area contributed by atoms with E-state index in [1.165, 1.54) is 23.6 Å². The SMILES string of the molecule is CC(=O)C[C@H](C)[C@H]1C(=O)N2C(C(=O)O)=C(SC3CN[C@H](C(=O)N(C)CCC(=O)N4CCC(N)C4)C3)[C@H](C)[C@H]12. The standard InChI is InChI=1S/C26H39N5O6S/c1-13(9-14(2)32)20-21-15(3)23(22(26(36)37)31(21)25(20)35)38-17-10-18(28-11-17)24(34)29(4)7-6-19(33)30-8-5-16(27)12-30/h13,15-18,20-21,28H,5-12,27H2,1-4H3,(H,36,37)/t13-,15+,16?,17?,18-,20+,21+/m0/s1. The van der Waals surface area contributed by atoms with Gasteiger partial charge in [-0.3, -0.25) is 14.4 Å². The number of carbonyl (C=O) groups is 5. The molecule has 210 valence electrons. The van der Waals surface area contributed by atoms with Crippen LogP contribution in [-0.2, 0) is 24.0 Å². The number of β-lactam (4-membered cyclic amide) rings is 1. The van der Waals surface area contributed by atoms with Gasteiger partial charge in [-0.15, -0.1) is 11.8 Å². The van der Waals surface area contributed by atoms with Crippen LogP contribution in [0.2, 0.25) is 0 Å². The molecule has 3 amide bonds. The fourth-order valence-corrected chi connectivity index (χ4v) is 7.80. The van der Waals surface area contributed by atoms with Crippen LogP contribution in [0.1, 0.15) is 46.5 Å². The molecule has 4 aliphatic heterocycles. The third kappa shape index (κ3) is 5.48. The number of fused-ring (bicyclic) bond motifs is 1. The Hall–Kier alpha value is -2.44. The summed E-state index contributed by atoms with van der Waals surface area (Å²) in [6.07, 6.45) is 1.86. The number of likely N-dealkylation sites (tertiary alicyclic amines) is 1. The number of nitrogens with zero attached hydrogens (tertiary/aromatic N) is 3. The number of nitrogens with one attached hydrogen (secondary N) is 1. The number of nitrogens with two attached hydrogens (primary N) is 1. The van der Waals surface area contributed by atoms with E-state index in [-0.39, 0.29) is 70.7 Å². The molecule has 0 aromatic carbocycles. The van der Waals surface area contributed by atoms with Gasteiger partial charge >= 0.3 is 5.97 Å². The lowest BCUT2D eigenvalue weighted by Crippen LogP contribution is -2.62. The second kappa shape index (κ2) is 11.4. The number of ketones is 1. The van der Waals surface area contributed by atoms with Crippen molar-refractivity contribution < 1.29 is 29.1 Å². The van der Waals surface area contributed by atoms with Gasteiger partial charge in [0.15, 0.2) is 0 Å². The lowest BCUT2D eigenvalue weighted by atomic mass is 9.73. The van der Waals surface area contributed by atoms with Crippen molar-refractivity contribution in [1.29, 1.82) is 0 Å². The molecule has 0 spiro atoms. The average Bonchev–Trinajstić information content (AvgIpc) is 3.54. The second-order valence-corrected chi connectivity index (χ2v) is 12.6. The molecule has 0 aliphatic carbocycles. The normalized spacial score (nSPS) is 31.3. The van der Waals surface area contributed by atoms with E-state index < -0.39 is 12.0 Å². The number of hydrogen-bond donors (Lipinski definition) is 3. The summed E-state index contributed by atoms with van der Waals surface area (Å²) in [7, 11) is 1.69. The van der Waals surface area contributed by atoms with Crippen LogP contribution in [0.5, 0.6) is 0 Å². The summed E-state index contributed by atoms with van der Waals surface area (Å²) in [6, 6.07) is -0.652. The van der Waals surface area contributed by atoms with E-state index in [2.05, 4.69) is 5.32 Å². The topological polar surface area (TPSA) is 153 Å². The van der Waals surface area contributed by atoms with Crippen molar-refractivity contribution in [3.63, 3.8) is 0 Å². The molecular formula is C26H39N5O6S. The van der Waals surface area contributed by atoms with Crippen molar-refractivity contribution in [1.82, 2.24) is 20.0 Å². The number of rotatable bonds is 10. The van der Waals surface area contributed by atoms with Crippen molar-refractivity contribution in [2.45, 2.75) is 69.8 Å². The zero-order valence-electron chi connectivity index (χ0n) is 22.5. The van der Waals surface area contributed by atoms with Crippen molar-refractivity contribution >= 4 is 41.2 Å². The van der Waals surface area contributed by atoms with Gasteiger partial charge in [0.1, 0.15) is 11.5 Å². The molecule has 4 aliphatic rings. The molecule has 0 saturated carbocycles. The van der Waals surface area contributed by atoms with Crippen LogP contribution in [0.3, 0.4) is 0 Å². The van der Waals surface area contributed by atoms with Gasteiger partial charge in [-0.1, -0.05) is 13.8 Å². The Bertz CT molecular complexity index is 1050. The molecule has 4 rings (SSSR count). The van der Waals surface area contributed by atoms with E-state index in [4.69, 9.17) is 5.73 Å². The van der Waals surface area contributed by atoms with Gasteiger partial charge in [-0.2, -0.15) is 0 Å². The quantitative estimate of drug-likeness (QED) is 0.325. The fraction of sp³-hybridized carbons (Fsp3) is 0.731. The average molecular weight is 550 g/mol. The highest BCUT2D eigenvalue weighted by Gasteiger charge is 2.60. The summed E-state index contributed by atoms with van der Waals surface area (Å²) in [5.41, 5.74) is 5.92. The number of thioether (sulfide) groups is 1. The van der Waals surface area contributed by atoms with E-state index in [0.717, 1.165) is 6.42 Å². The molecule has 11 nitrogen and oxygen atoms in total. The molecule has 0 bridgehead atoms. The molecule has 3 fully saturated rings. The van der Waals surface area contributed by atoms with Crippen LogP contribution in [0, 0.1) is 17.8 Å². The summed E-state index contributed by atoms with van der Waals surface area (Å²) in [5.74, 6) is -2.12. The Balaban J connectivity index is 1.34. The van der Waals surface area contributed by atoms with Crippen LogP contribution in [-0.4, -0.2) is 106 Å². The zero-order chi connectivity index (χ0) is 27.9. The molecule has 2 unspecified atom stereocenters. The fourth-order valence-electron chi connectivity index (χ4n) is 6.32. The van der Waals surface area contributed by atoms with E-state index in [0.29, 0.717) is 43.9 Å². The highest BCUT2D eigenvalue weighted by atomic mass is 32.2. The maximum atomic E-state index is 13.0. The largest absolute Gasteiger partial charge is 0.477 e. The first-order valence-corrected chi connectivity index (χ1v) is 14.3. The van der Waals surface area contributed by atoms with E-state index in [1.54, 1.807) is 16.8 Å². The molecule has 0 radical (unpaired) electrons. The lowest BCUT2D eigenvalue weighted by Gasteiger charge is -2.47. The first-order chi connectivity index (χ1) is 17.9. The van der Waals surface area contributed by atoms with Gasteiger partial charge < -0.3 is 35.7 Å². The summed E-state index contributed by atoms with van der Waals surface area (Å²) in [6.45, 7) is 7.40. The third-order valence-electron chi connectivity index (χ3n) is 8.31. The van der Waals surface area contributed by atoms with Crippen LogP contribution in [0.15, 0.2) is 10.6 Å². The van der Waals surface area contributed by atoms with Crippen molar-refractivity contribution in [3.8, 4) is 0 Å². The monoisotopic (exact) mass is 549 g/mol. The van der Waals surface area contributed by atoms with E-state index in [1.807, 2.05) is 13.8 Å². The zero-order valence-corrected chi connectivity index (χ0v) is 23.3. The predicted octanol–water partition coefficient (Wildman–Crippen LogP) is 0.246. The molecule has 7 atom stereocenters. The minimum atomic E-state index is -1.13. The van der Waals surface area contributed by atoms with Crippen molar-refractivity contribution in [3.05, 3.63) is 10.6 Å². The van der Waals surface area contributed by atoms with E-state index in [9.17, 15) is 29.1 Å².